The van der Waals surface area contributed by atoms with E-state index in [2.05, 4.69) is 0 Å². The van der Waals surface area contributed by atoms with Gasteiger partial charge in [-0.1, -0.05) is 4.48 Å². The van der Waals surface area contributed by atoms with Crippen LogP contribution in [0.25, 0.3) is 0 Å². The van der Waals surface area contributed by atoms with Gasteiger partial charge in [-0.3, -0.25) is 4.79 Å². The highest BCUT2D eigenvalue weighted by Crippen LogP contribution is 2.05. The van der Waals surface area contributed by atoms with Crippen LogP contribution in [-0.2, 0) is 0 Å². The Morgan fingerprint density at radius 2 is 1.83 bits per heavy atom. The van der Waals surface area contributed by atoms with Gasteiger partial charge >= 0.3 is 0 Å². The molecule has 1 aromatic carbocycles. The minimum absolute atomic E-state index is 0.0484. The molecule has 0 saturated carbocycles. The summed E-state index contributed by atoms with van der Waals surface area (Å²) in [6.45, 7) is 0. The molecule has 0 saturated heterocycles. The molecule has 0 aromatic heterocycles. The quantitative estimate of drug-likeness (QED) is 0.590. The molecule has 0 aliphatic rings. The number of amides is 1. The van der Waals surface area contributed by atoms with Crippen molar-refractivity contribution in [3.8, 4) is 0 Å². The summed E-state index contributed by atoms with van der Waals surface area (Å²) < 4.78 is 24.6. The van der Waals surface area contributed by atoms with E-state index in [4.69, 9.17) is 0 Å². The van der Waals surface area contributed by atoms with Gasteiger partial charge in [0.05, 0.1) is 0 Å². The summed E-state index contributed by atoms with van der Waals surface area (Å²) in [6, 6.07) is 4.68. The van der Waals surface area contributed by atoms with Crippen LogP contribution >= 0.6 is 0 Å². The Morgan fingerprint density at radius 1 is 1.33 bits per heavy atom. The lowest BCUT2D eigenvalue weighted by Gasteiger charge is -2.03. The lowest BCUT2D eigenvalue weighted by Crippen LogP contribution is -2.17. The average molecular weight is 171 g/mol. The van der Waals surface area contributed by atoms with Crippen LogP contribution in [0, 0.1) is 5.82 Å². The fourth-order valence-corrected chi connectivity index (χ4v) is 0.770. The van der Waals surface area contributed by atoms with Crippen LogP contribution in [0.3, 0.4) is 0 Å². The molecule has 0 aliphatic heterocycles. The third-order valence-electron chi connectivity index (χ3n) is 1.37. The molecule has 4 heteroatoms. The lowest BCUT2D eigenvalue weighted by molar-refractivity contribution is 0.0343. The van der Waals surface area contributed by atoms with Gasteiger partial charge in [0.25, 0.3) is 5.91 Å². The van der Waals surface area contributed by atoms with Gasteiger partial charge in [-0.25, -0.2) is 4.39 Å². The first-order valence-corrected chi connectivity index (χ1v) is 3.30. The van der Waals surface area contributed by atoms with Crippen molar-refractivity contribution in [2.75, 3.05) is 7.05 Å². The maximum Gasteiger partial charge on any atom is 0.281 e. The molecular weight excluding hydrogens is 164 g/mol. The van der Waals surface area contributed by atoms with Gasteiger partial charge in [-0.2, -0.15) is 5.12 Å². The molecular formula is C8H7F2NO. The average Bonchev–Trinajstić information content (AvgIpc) is 2.04. The molecule has 0 aliphatic carbocycles. The van der Waals surface area contributed by atoms with Gasteiger partial charge in [0, 0.05) is 12.6 Å². The van der Waals surface area contributed by atoms with Crippen molar-refractivity contribution >= 4 is 5.91 Å². The Balaban J connectivity index is 2.90. The zero-order valence-corrected chi connectivity index (χ0v) is 6.42. The highest BCUT2D eigenvalue weighted by molar-refractivity contribution is 5.93. The van der Waals surface area contributed by atoms with E-state index in [1.165, 1.54) is 12.1 Å². The fourth-order valence-electron chi connectivity index (χ4n) is 0.770. The van der Waals surface area contributed by atoms with Crippen LogP contribution in [0.4, 0.5) is 8.87 Å². The van der Waals surface area contributed by atoms with E-state index in [1.807, 2.05) is 0 Å². The second-order valence-corrected chi connectivity index (χ2v) is 2.29. The van der Waals surface area contributed by atoms with E-state index in [1.54, 1.807) is 0 Å². The zero-order chi connectivity index (χ0) is 9.14. The summed E-state index contributed by atoms with van der Waals surface area (Å²) in [4.78, 5) is 10.9. The number of hydrogen-bond acceptors (Lipinski definition) is 1. The highest BCUT2D eigenvalue weighted by Gasteiger charge is 2.09. The van der Waals surface area contributed by atoms with E-state index in [9.17, 15) is 13.7 Å². The SMILES string of the molecule is CN(F)C(=O)c1ccc(F)cc1. The van der Waals surface area contributed by atoms with E-state index >= 15 is 0 Å². The van der Waals surface area contributed by atoms with Gasteiger partial charge in [0.1, 0.15) is 5.82 Å². The molecule has 0 unspecified atom stereocenters. The first-order valence-electron chi connectivity index (χ1n) is 3.30. The Bertz CT molecular complexity index is 282. The second kappa shape index (κ2) is 3.30. The maximum absolute atomic E-state index is 12.3. The topological polar surface area (TPSA) is 20.3 Å². The predicted molar refractivity (Wildman–Crippen MR) is 39.6 cm³/mol. The molecule has 0 fully saturated rings. The Labute approximate surface area is 68.3 Å². The number of benzene rings is 1. The molecule has 2 nitrogen and oxygen atoms in total. The Hall–Kier alpha value is -1.45. The second-order valence-electron chi connectivity index (χ2n) is 2.29. The molecule has 1 aromatic rings. The number of carbonyl (C=O) groups excluding carboxylic acids is 1. The van der Waals surface area contributed by atoms with Gasteiger partial charge in [-0.15, -0.1) is 0 Å². The highest BCUT2D eigenvalue weighted by atomic mass is 19.2. The van der Waals surface area contributed by atoms with Crippen LogP contribution in [0.2, 0.25) is 0 Å². The number of carbonyl (C=O) groups is 1. The van der Waals surface area contributed by atoms with E-state index in [-0.39, 0.29) is 10.7 Å². The molecule has 1 amide bonds. The van der Waals surface area contributed by atoms with Crippen LogP contribution in [0.15, 0.2) is 24.3 Å². The smallest absolute Gasteiger partial charge is 0.267 e. The molecule has 0 spiro atoms. The molecule has 64 valence electrons. The van der Waals surface area contributed by atoms with E-state index < -0.39 is 11.7 Å². The van der Waals surface area contributed by atoms with Gasteiger partial charge in [0.2, 0.25) is 0 Å². The fraction of sp³-hybridized carbons (Fsp3) is 0.125. The summed E-state index contributed by atoms with van der Waals surface area (Å²) in [5, 5.41) is -0.0484. The standard InChI is InChI=1S/C8H7F2NO/c1-11(10)8(12)6-2-4-7(9)5-3-6/h2-5H,1H3. The summed E-state index contributed by atoms with van der Waals surface area (Å²) in [5.41, 5.74) is 0.126. The van der Waals surface area contributed by atoms with Crippen molar-refractivity contribution in [2.24, 2.45) is 0 Å². The Morgan fingerprint density at radius 3 is 2.25 bits per heavy atom. The summed E-state index contributed by atoms with van der Waals surface area (Å²) in [6.07, 6.45) is 0. The summed E-state index contributed by atoms with van der Waals surface area (Å²) in [7, 11) is 0.992. The third kappa shape index (κ3) is 1.78. The number of nitrogens with zero attached hydrogens (tertiary/aromatic N) is 1. The Kier molecular flexibility index (Phi) is 2.38. The monoisotopic (exact) mass is 171 g/mol. The van der Waals surface area contributed by atoms with Crippen LogP contribution < -0.4 is 0 Å². The van der Waals surface area contributed by atoms with Crippen LogP contribution in [-0.4, -0.2) is 18.1 Å². The minimum atomic E-state index is -0.782. The first kappa shape index (κ1) is 8.64. The zero-order valence-electron chi connectivity index (χ0n) is 6.42. The van der Waals surface area contributed by atoms with Gasteiger partial charge in [0.15, 0.2) is 0 Å². The number of halogens is 2. The summed E-state index contributed by atoms with van der Waals surface area (Å²) >= 11 is 0. The van der Waals surface area contributed by atoms with E-state index in [0.29, 0.717) is 0 Å². The number of hydrogen-bond donors (Lipinski definition) is 0. The largest absolute Gasteiger partial charge is 0.281 e. The van der Waals surface area contributed by atoms with Gasteiger partial charge < -0.3 is 0 Å². The van der Waals surface area contributed by atoms with E-state index in [0.717, 1.165) is 19.2 Å². The minimum Gasteiger partial charge on any atom is -0.267 e. The molecule has 12 heavy (non-hydrogen) atoms. The predicted octanol–water partition coefficient (Wildman–Crippen LogP) is 1.78. The molecule has 0 heterocycles. The molecule has 1 rings (SSSR count). The van der Waals surface area contributed by atoms with Crippen molar-refractivity contribution in [1.82, 2.24) is 5.12 Å². The maximum atomic E-state index is 12.3. The molecule has 0 atom stereocenters. The van der Waals surface area contributed by atoms with Gasteiger partial charge in [-0.05, 0) is 24.3 Å². The normalized spacial score (nSPS) is 9.58. The van der Waals surface area contributed by atoms with Crippen molar-refractivity contribution in [2.45, 2.75) is 0 Å². The van der Waals surface area contributed by atoms with Crippen molar-refractivity contribution in [3.63, 3.8) is 0 Å². The first-order chi connectivity index (χ1) is 5.61. The molecule has 0 bridgehead atoms. The van der Waals surface area contributed by atoms with Crippen molar-refractivity contribution in [3.05, 3.63) is 35.6 Å². The summed E-state index contributed by atoms with van der Waals surface area (Å²) in [5.74, 6) is -1.23. The van der Waals surface area contributed by atoms with Crippen molar-refractivity contribution in [1.29, 1.82) is 0 Å². The van der Waals surface area contributed by atoms with Crippen LogP contribution in [0.1, 0.15) is 10.4 Å². The third-order valence-corrected chi connectivity index (χ3v) is 1.37. The van der Waals surface area contributed by atoms with Crippen LogP contribution in [0.5, 0.6) is 0 Å². The van der Waals surface area contributed by atoms with Crippen molar-refractivity contribution < 1.29 is 13.7 Å². The lowest BCUT2D eigenvalue weighted by atomic mass is 10.2. The molecule has 0 N–H and O–H groups in total. The number of rotatable bonds is 1. The molecule has 0 radical (unpaired) electrons.